The van der Waals surface area contributed by atoms with Gasteiger partial charge in [-0.25, -0.2) is 0 Å². The molecule has 2 amide bonds. The van der Waals surface area contributed by atoms with Gasteiger partial charge in [0, 0.05) is 42.3 Å². The van der Waals surface area contributed by atoms with Crippen molar-refractivity contribution in [1.29, 1.82) is 0 Å². The molecule has 0 bridgehead atoms. The summed E-state index contributed by atoms with van der Waals surface area (Å²) in [5.41, 5.74) is 1.15. The summed E-state index contributed by atoms with van der Waals surface area (Å²) >= 11 is 6.12. The lowest BCUT2D eigenvalue weighted by Gasteiger charge is -2.39. The van der Waals surface area contributed by atoms with E-state index < -0.39 is 0 Å². The van der Waals surface area contributed by atoms with Crippen LogP contribution in [0.1, 0.15) is 44.3 Å². The fourth-order valence-electron chi connectivity index (χ4n) is 5.05. The van der Waals surface area contributed by atoms with E-state index in [1.54, 1.807) is 23.1 Å². The molecule has 0 unspecified atom stereocenters. The van der Waals surface area contributed by atoms with Crippen LogP contribution in [0.25, 0.3) is 10.9 Å². The van der Waals surface area contributed by atoms with Crippen LogP contribution in [0.15, 0.2) is 24.4 Å². The zero-order valence-electron chi connectivity index (χ0n) is 19.5. The van der Waals surface area contributed by atoms with E-state index in [0.717, 1.165) is 43.2 Å². The molecule has 4 rings (SSSR count). The number of nitrogens with zero attached hydrogens (tertiary/aromatic N) is 3. The number of hydrogen-bond donors (Lipinski definition) is 1. The maximum absolute atomic E-state index is 13.1. The number of piperidine rings is 2. The predicted molar refractivity (Wildman–Crippen MR) is 124 cm³/mol. The summed E-state index contributed by atoms with van der Waals surface area (Å²) in [7, 11) is 2.19. The summed E-state index contributed by atoms with van der Waals surface area (Å²) < 4.78 is 7.81. The number of amides is 2. The van der Waals surface area contributed by atoms with Gasteiger partial charge in [-0.1, -0.05) is 17.7 Å². The van der Waals surface area contributed by atoms with E-state index in [1.165, 1.54) is 25.9 Å². The number of fused-ring (bicyclic) bond motifs is 1. The van der Waals surface area contributed by atoms with Crippen LogP contribution >= 0.6 is 11.6 Å². The Morgan fingerprint density at radius 2 is 1.81 bits per heavy atom. The van der Waals surface area contributed by atoms with Crippen LogP contribution in [-0.4, -0.2) is 77.8 Å². The Bertz CT molecular complexity index is 978. The monoisotopic (exact) mass is 445 g/mol. The Kier molecular flexibility index (Phi) is 6.46. The number of aromatic amines is 1. The van der Waals surface area contributed by atoms with Gasteiger partial charge in [0.15, 0.2) is 0 Å². The maximum atomic E-state index is 13.1. The van der Waals surface area contributed by atoms with E-state index in [-0.39, 0.29) is 24.5 Å². The summed E-state index contributed by atoms with van der Waals surface area (Å²) in [5.74, 6) is 1.36. The third kappa shape index (κ3) is 4.90. The first-order valence-electron chi connectivity index (χ1n) is 11.9. The average Bonchev–Trinajstić information content (AvgIpc) is 3.10. The number of likely N-dealkylation sites (N-methyl/N-ethyl adjacent to an activating group) is 1. The van der Waals surface area contributed by atoms with Crippen molar-refractivity contribution in [3.05, 3.63) is 35.0 Å². The molecular weight excluding hydrogens is 412 g/mol. The average molecular weight is 446 g/mol. The molecule has 2 aliphatic rings. The molecule has 6 nitrogen and oxygen atoms in total. The van der Waals surface area contributed by atoms with Crippen molar-refractivity contribution in [2.24, 2.45) is 11.8 Å². The fraction of sp³-hybridized carbons (Fsp3) is 0.583. The highest BCUT2D eigenvalue weighted by atomic mass is 35.5. The van der Waals surface area contributed by atoms with E-state index in [4.69, 9.17) is 13.0 Å². The highest BCUT2D eigenvalue weighted by Gasteiger charge is 2.31. The maximum Gasteiger partial charge on any atom is 0.254 e. The highest BCUT2D eigenvalue weighted by molar-refractivity contribution is 6.35. The SMILES string of the molecule is [2H]c1[nH]c2cc(C(=O)N(CC)CC(=O)N3CCC(C4CCN(C)CC4)CC3)ccc2c1Cl. The smallest absolute Gasteiger partial charge is 0.254 e. The van der Waals surface area contributed by atoms with E-state index in [9.17, 15) is 9.59 Å². The molecule has 1 aromatic carbocycles. The van der Waals surface area contributed by atoms with Gasteiger partial charge in [0.25, 0.3) is 5.91 Å². The first-order chi connectivity index (χ1) is 15.4. The van der Waals surface area contributed by atoms with Crippen LogP contribution in [0.5, 0.6) is 0 Å². The third-order valence-electron chi connectivity index (χ3n) is 7.13. The molecule has 1 aromatic heterocycles. The summed E-state index contributed by atoms with van der Waals surface area (Å²) in [4.78, 5) is 34.9. The van der Waals surface area contributed by atoms with E-state index in [0.29, 0.717) is 22.6 Å². The molecule has 1 N–H and O–H groups in total. The second-order valence-corrected chi connectivity index (χ2v) is 9.38. The molecule has 168 valence electrons. The van der Waals surface area contributed by atoms with Gasteiger partial charge in [-0.05, 0) is 76.7 Å². The van der Waals surface area contributed by atoms with Gasteiger partial charge in [-0.3, -0.25) is 9.59 Å². The molecule has 0 aliphatic carbocycles. The molecule has 2 aliphatic heterocycles. The van der Waals surface area contributed by atoms with Gasteiger partial charge in [0.05, 0.1) is 6.39 Å². The second kappa shape index (κ2) is 9.61. The second-order valence-electron chi connectivity index (χ2n) is 9.00. The number of carbonyl (C=O) groups excluding carboxylic acids is 2. The molecule has 0 spiro atoms. The van der Waals surface area contributed by atoms with Gasteiger partial charge in [-0.15, -0.1) is 0 Å². The molecule has 31 heavy (non-hydrogen) atoms. The zero-order chi connectivity index (χ0) is 22.8. The van der Waals surface area contributed by atoms with Crippen LogP contribution in [0.4, 0.5) is 0 Å². The molecule has 0 saturated carbocycles. The van der Waals surface area contributed by atoms with E-state index >= 15 is 0 Å². The van der Waals surface area contributed by atoms with Gasteiger partial charge in [-0.2, -0.15) is 0 Å². The largest absolute Gasteiger partial charge is 0.360 e. The standard InChI is InChI=1S/C24H33ClN4O2/c1-3-28(24(31)19-4-5-20-21(25)15-26-22(20)14-19)16-23(30)29-12-8-18(9-13-29)17-6-10-27(2)11-7-17/h4-5,14-15,17-18,26H,3,6-13,16H2,1-2H3/i15D. The molecule has 0 radical (unpaired) electrons. The topological polar surface area (TPSA) is 59.7 Å². The van der Waals surface area contributed by atoms with Crippen molar-refractivity contribution < 1.29 is 11.0 Å². The van der Waals surface area contributed by atoms with Crippen LogP contribution in [0.2, 0.25) is 5.02 Å². The Morgan fingerprint density at radius 1 is 1.16 bits per heavy atom. The Balaban J connectivity index is 1.34. The van der Waals surface area contributed by atoms with E-state index in [2.05, 4.69) is 16.9 Å². The summed E-state index contributed by atoms with van der Waals surface area (Å²) in [5, 5.41) is 1.07. The van der Waals surface area contributed by atoms with Crippen molar-refractivity contribution in [2.75, 3.05) is 46.3 Å². The number of halogens is 1. The Labute approximate surface area is 190 Å². The third-order valence-corrected chi connectivity index (χ3v) is 7.43. The minimum absolute atomic E-state index is 0.0273. The molecule has 7 heteroatoms. The first kappa shape index (κ1) is 20.8. The summed E-state index contributed by atoms with van der Waals surface area (Å²) in [6.45, 7) is 6.40. The van der Waals surface area contributed by atoms with Gasteiger partial charge < -0.3 is 19.7 Å². The lowest BCUT2D eigenvalue weighted by Crippen LogP contribution is -2.47. The lowest BCUT2D eigenvalue weighted by atomic mass is 9.79. The quantitative estimate of drug-likeness (QED) is 0.760. The lowest BCUT2D eigenvalue weighted by molar-refractivity contribution is -0.133. The number of rotatable bonds is 5. The van der Waals surface area contributed by atoms with Gasteiger partial charge in [0.1, 0.15) is 6.54 Å². The number of hydrogen-bond acceptors (Lipinski definition) is 3. The predicted octanol–water partition coefficient (Wildman–Crippen LogP) is 3.86. The van der Waals surface area contributed by atoms with Crippen molar-refractivity contribution in [1.82, 2.24) is 19.7 Å². The molecule has 2 fully saturated rings. The molecule has 2 saturated heterocycles. The minimum atomic E-state index is -0.179. The molecular formula is C24H33ClN4O2. The summed E-state index contributed by atoms with van der Waals surface area (Å²) in [6, 6.07) is 5.18. The van der Waals surface area contributed by atoms with Crippen LogP contribution in [0.3, 0.4) is 0 Å². The highest BCUT2D eigenvalue weighted by Crippen LogP contribution is 2.32. The summed E-state index contributed by atoms with van der Waals surface area (Å²) in [6.07, 6.45) is 4.81. The van der Waals surface area contributed by atoms with Gasteiger partial charge in [0.2, 0.25) is 5.91 Å². The van der Waals surface area contributed by atoms with Crippen molar-refractivity contribution in [3.63, 3.8) is 0 Å². The van der Waals surface area contributed by atoms with Crippen LogP contribution in [0, 0.1) is 11.8 Å². The number of benzene rings is 1. The normalized spacial score (nSPS) is 19.6. The first-order valence-corrected chi connectivity index (χ1v) is 11.8. The number of aromatic nitrogens is 1. The minimum Gasteiger partial charge on any atom is -0.360 e. The van der Waals surface area contributed by atoms with Crippen molar-refractivity contribution >= 4 is 34.3 Å². The molecule has 2 aromatic rings. The van der Waals surface area contributed by atoms with Crippen molar-refractivity contribution in [3.8, 4) is 0 Å². The number of likely N-dealkylation sites (tertiary alicyclic amines) is 2. The molecule has 0 atom stereocenters. The van der Waals surface area contributed by atoms with Crippen molar-refractivity contribution in [2.45, 2.75) is 32.6 Å². The van der Waals surface area contributed by atoms with Crippen LogP contribution < -0.4 is 0 Å². The number of nitrogens with one attached hydrogen (secondary N) is 1. The number of carbonyl (C=O) groups is 2. The fourth-order valence-corrected chi connectivity index (χ4v) is 5.27. The van der Waals surface area contributed by atoms with Crippen LogP contribution in [-0.2, 0) is 4.79 Å². The Hall–Kier alpha value is -2.05. The number of H-pyrrole nitrogens is 1. The van der Waals surface area contributed by atoms with Gasteiger partial charge >= 0.3 is 0 Å². The molecule has 3 heterocycles. The Morgan fingerprint density at radius 3 is 2.45 bits per heavy atom. The van der Waals surface area contributed by atoms with E-state index in [1.807, 2.05) is 11.8 Å². The zero-order valence-corrected chi connectivity index (χ0v) is 19.2.